The molecule has 0 aliphatic heterocycles. The Morgan fingerprint density at radius 2 is 1.44 bits per heavy atom. The molecule has 18 heavy (non-hydrogen) atoms. The van der Waals surface area contributed by atoms with E-state index in [0.29, 0.717) is 0 Å². The molecular weight excluding hydrogens is 244 g/mol. The zero-order valence-electron chi connectivity index (χ0n) is 8.97. The SMILES string of the molecule is O=C([O-])c1ccc(C(=O)[O-])c(C(=O)[O-])c1CCO. The van der Waals surface area contributed by atoms with Gasteiger partial charge in [0.25, 0.3) is 0 Å². The van der Waals surface area contributed by atoms with Gasteiger partial charge in [0.05, 0.1) is 17.9 Å². The van der Waals surface area contributed by atoms with Crippen molar-refractivity contribution in [2.75, 3.05) is 6.61 Å². The summed E-state index contributed by atoms with van der Waals surface area (Å²) in [6.07, 6.45) is -0.353. The number of carbonyl (C=O) groups is 3. The van der Waals surface area contributed by atoms with E-state index in [9.17, 15) is 29.7 Å². The van der Waals surface area contributed by atoms with Crippen LogP contribution in [0.5, 0.6) is 0 Å². The second-order valence-electron chi connectivity index (χ2n) is 3.35. The van der Waals surface area contributed by atoms with Gasteiger partial charge in [0.15, 0.2) is 0 Å². The van der Waals surface area contributed by atoms with Gasteiger partial charge >= 0.3 is 0 Å². The summed E-state index contributed by atoms with van der Waals surface area (Å²) in [7, 11) is 0. The van der Waals surface area contributed by atoms with Gasteiger partial charge < -0.3 is 34.8 Å². The molecule has 0 atom stereocenters. The molecule has 0 fully saturated rings. The van der Waals surface area contributed by atoms with E-state index < -0.39 is 41.2 Å². The molecule has 1 aromatic rings. The van der Waals surface area contributed by atoms with Gasteiger partial charge in [-0.3, -0.25) is 0 Å². The van der Waals surface area contributed by atoms with E-state index in [4.69, 9.17) is 5.11 Å². The van der Waals surface area contributed by atoms with Gasteiger partial charge in [0.2, 0.25) is 0 Å². The summed E-state index contributed by atoms with van der Waals surface area (Å²) in [4.78, 5) is 32.4. The quantitative estimate of drug-likeness (QED) is 0.567. The Hall–Kier alpha value is -2.41. The fourth-order valence-corrected chi connectivity index (χ4v) is 1.61. The average molecular weight is 251 g/mol. The van der Waals surface area contributed by atoms with Gasteiger partial charge in [0, 0.05) is 23.3 Å². The molecule has 0 spiro atoms. The van der Waals surface area contributed by atoms with Crippen LogP contribution in [0.25, 0.3) is 0 Å². The first-order valence-corrected chi connectivity index (χ1v) is 4.81. The summed E-state index contributed by atoms with van der Waals surface area (Å²) >= 11 is 0. The molecule has 0 saturated heterocycles. The van der Waals surface area contributed by atoms with E-state index in [2.05, 4.69) is 0 Å². The Labute approximate surface area is 101 Å². The Morgan fingerprint density at radius 1 is 0.944 bits per heavy atom. The van der Waals surface area contributed by atoms with E-state index in [1.54, 1.807) is 0 Å². The second-order valence-corrected chi connectivity index (χ2v) is 3.35. The zero-order valence-corrected chi connectivity index (χ0v) is 8.97. The Morgan fingerprint density at radius 3 is 1.83 bits per heavy atom. The van der Waals surface area contributed by atoms with Gasteiger partial charge in [-0.15, -0.1) is 0 Å². The molecule has 1 aromatic carbocycles. The van der Waals surface area contributed by atoms with Crippen LogP contribution in [0.1, 0.15) is 36.6 Å². The highest BCUT2D eigenvalue weighted by Gasteiger charge is 2.15. The lowest BCUT2D eigenvalue weighted by atomic mass is 9.93. The number of rotatable bonds is 5. The number of carboxylic acids is 3. The first-order chi connectivity index (χ1) is 8.40. The van der Waals surface area contributed by atoms with E-state index >= 15 is 0 Å². The zero-order chi connectivity index (χ0) is 13.9. The molecule has 0 aliphatic rings. The topological polar surface area (TPSA) is 141 Å². The number of aromatic carboxylic acids is 3. The standard InChI is InChI=1S/C11H10O7/c12-4-3-5-6(9(13)14)1-2-7(10(15)16)8(5)11(17)18/h1-2,12H,3-4H2,(H,13,14)(H,15,16)(H,17,18)/p-3. The van der Waals surface area contributed by atoms with Crippen LogP contribution in [0.2, 0.25) is 0 Å². The van der Waals surface area contributed by atoms with E-state index in [-0.39, 0.29) is 12.0 Å². The molecule has 1 N–H and O–H groups in total. The molecule has 0 radical (unpaired) electrons. The maximum Gasteiger partial charge on any atom is 0.0725 e. The molecule has 0 bridgehead atoms. The van der Waals surface area contributed by atoms with Crippen molar-refractivity contribution in [2.24, 2.45) is 0 Å². The summed E-state index contributed by atoms with van der Waals surface area (Å²) in [6.45, 7) is -0.558. The fraction of sp³-hybridized carbons (Fsp3) is 0.182. The van der Waals surface area contributed by atoms with Crippen molar-refractivity contribution < 1.29 is 34.8 Å². The predicted octanol–water partition coefficient (Wildman–Crippen LogP) is -3.69. The second kappa shape index (κ2) is 5.28. The number of hydrogen-bond acceptors (Lipinski definition) is 7. The van der Waals surface area contributed by atoms with E-state index in [1.165, 1.54) is 0 Å². The number of aliphatic hydroxyl groups excluding tert-OH is 1. The minimum absolute atomic E-state index is 0.353. The highest BCUT2D eigenvalue weighted by molar-refractivity contribution is 6.04. The van der Waals surface area contributed by atoms with Crippen LogP contribution in [0, 0.1) is 0 Å². The normalized spacial score (nSPS) is 10.1. The van der Waals surface area contributed by atoms with Crippen molar-refractivity contribution >= 4 is 17.9 Å². The van der Waals surface area contributed by atoms with Crippen molar-refractivity contribution in [3.8, 4) is 0 Å². The molecule has 0 unspecified atom stereocenters. The minimum Gasteiger partial charge on any atom is -0.545 e. The van der Waals surface area contributed by atoms with E-state index in [1.807, 2.05) is 0 Å². The maximum absolute atomic E-state index is 10.9. The number of hydrogen-bond donors (Lipinski definition) is 1. The third kappa shape index (κ3) is 2.46. The fourth-order valence-electron chi connectivity index (χ4n) is 1.61. The highest BCUT2D eigenvalue weighted by atomic mass is 16.4. The molecule has 96 valence electrons. The number of aliphatic hydroxyl groups is 1. The van der Waals surface area contributed by atoms with Gasteiger partial charge in [-0.2, -0.15) is 0 Å². The first-order valence-electron chi connectivity index (χ1n) is 4.81. The smallest absolute Gasteiger partial charge is 0.0725 e. The lowest BCUT2D eigenvalue weighted by molar-refractivity contribution is -0.260. The Balaban J connectivity index is 3.64. The number of carboxylic acid groups (broad SMARTS) is 3. The summed E-state index contributed by atoms with van der Waals surface area (Å²) in [5.41, 5.74) is -2.39. The van der Waals surface area contributed by atoms with Crippen LogP contribution in [0.3, 0.4) is 0 Å². The lowest BCUT2D eigenvalue weighted by Gasteiger charge is -2.20. The van der Waals surface area contributed by atoms with Crippen LogP contribution in [-0.2, 0) is 6.42 Å². The number of carbonyl (C=O) groups excluding carboxylic acids is 3. The molecular formula is C11H7O7-3. The van der Waals surface area contributed by atoms with Crippen LogP contribution in [0.4, 0.5) is 0 Å². The summed E-state index contributed by atoms with van der Waals surface area (Å²) in [6, 6.07) is 1.67. The molecule has 0 saturated carbocycles. The summed E-state index contributed by atoms with van der Waals surface area (Å²) in [5, 5.41) is 41.2. The first kappa shape index (κ1) is 13.7. The molecule has 0 heterocycles. The van der Waals surface area contributed by atoms with Gasteiger partial charge in [-0.05, 0) is 12.0 Å². The average Bonchev–Trinajstić information content (AvgIpc) is 2.27. The molecule has 7 nitrogen and oxygen atoms in total. The Bertz CT molecular complexity index is 518. The lowest BCUT2D eigenvalue weighted by Crippen LogP contribution is -2.33. The van der Waals surface area contributed by atoms with Gasteiger partial charge in [0.1, 0.15) is 0 Å². The maximum atomic E-state index is 10.9. The van der Waals surface area contributed by atoms with Gasteiger partial charge in [-0.25, -0.2) is 0 Å². The monoisotopic (exact) mass is 251 g/mol. The number of benzene rings is 1. The largest absolute Gasteiger partial charge is 0.545 e. The molecule has 0 amide bonds. The van der Waals surface area contributed by atoms with Crippen LogP contribution < -0.4 is 15.3 Å². The third-order valence-electron chi connectivity index (χ3n) is 2.32. The molecule has 7 heteroatoms. The molecule has 0 aromatic heterocycles. The van der Waals surface area contributed by atoms with Crippen molar-refractivity contribution in [3.63, 3.8) is 0 Å². The predicted molar refractivity (Wildman–Crippen MR) is 50.2 cm³/mol. The molecule has 0 aliphatic carbocycles. The van der Waals surface area contributed by atoms with E-state index in [0.717, 1.165) is 12.1 Å². The van der Waals surface area contributed by atoms with Crippen LogP contribution in [-0.4, -0.2) is 29.6 Å². The van der Waals surface area contributed by atoms with Crippen LogP contribution >= 0.6 is 0 Å². The van der Waals surface area contributed by atoms with Gasteiger partial charge in [-0.1, -0.05) is 12.1 Å². The van der Waals surface area contributed by atoms with Crippen molar-refractivity contribution in [2.45, 2.75) is 6.42 Å². The van der Waals surface area contributed by atoms with Crippen molar-refractivity contribution in [3.05, 3.63) is 34.4 Å². The minimum atomic E-state index is -1.86. The third-order valence-corrected chi connectivity index (χ3v) is 2.32. The Kier molecular flexibility index (Phi) is 4.01. The van der Waals surface area contributed by atoms with Crippen LogP contribution in [0.15, 0.2) is 12.1 Å². The molecule has 1 rings (SSSR count). The summed E-state index contributed by atoms with van der Waals surface area (Å²) < 4.78 is 0. The summed E-state index contributed by atoms with van der Waals surface area (Å²) in [5.74, 6) is -5.31. The van der Waals surface area contributed by atoms with Crippen molar-refractivity contribution in [1.29, 1.82) is 0 Å². The highest BCUT2D eigenvalue weighted by Crippen LogP contribution is 2.19. The van der Waals surface area contributed by atoms with Crippen molar-refractivity contribution in [1.82, 2.24) is 0 Å².